The largest absolute Gasteiger partial charge is 0.342 e. The van der Waals surface area contributed by atoms with Crippen LogP contribution in [0.3, 0.4) is 0 Å². The van der Waals surface area contributed by atoms with Crippen molar-refractivity contribution in [3.8, 4) is 0 Å². The van der Waals surface area contributed by atoms with Crippen LogP contribution in [0.15, 0.2) is 0 Å². The number of unbranched alkanes of at least 4 members (excludes halogenated alkanes) is 1. The van der Waals surface area contributed by atoms with Gasteiger partial charge in [-0.3, -0.25) is 9.59 Å². The first kappa shape index (κ1) is 16.9. The van der Waals surface area contributed by atoms with E-state index in [0.717, 1.165) is 24.4 Å². The minimum atomic E-state index is -0.286. The van der Waals surface area contributed by atoms with Gasteiger partial charge in [0.2, 0.25) is 16.9 Å². The number of anilines is 1. The molecule has 1 N–H and O–H groups in total. The second kappa shape index (κ2) is 6.73. The third-order valence-corrected chi connectivity index (χ3v) is 4.93. The third kappa shape index (κ3) is 4.03. The summed E-state index contributed by atoms with van der Waals surface area (Å²) in [7, 11) is 0. The van der Waals surface area contributed by atoms with Gasteiger partial charge in [-0.1, -0.05) is 45.5 Å². The Bertz CT molecular complexity index is 550. The SMILES string of the molecule is CCCCN1C[C@@H](C(=O)Nc2nnc(C(C)(C)C)s2)CC1=O. The van der Waals surface area contributed by atoms with Gasteiger partial charge in [0, 0.05) is 24.9 Å². The summed E-state index contributed by atoms with van der Waals surface area (Å²) in [4.78, 5) is 26.0. The van der Waals surface area contributed by atoms with Gasteiger partial charge in [-0.05, 0) is 6.42 Å². The number of amides is 2. The minimum Gasteiger partial charge on any atom is -0.342 e. The highest BCUT2D eigenvalue weighted by atomic mass is 32.1. The predicted octanol–water partition coefficient (Wildman–Crippen LogP) is 2.42. The number of hydrogen-bond acceptors (Lipinski definition) is 5. The van der Waals surface area contributed by atoms with Crippen LogP contribution in [0, 0.1) is 5.92 Å². The monoisotopic (exact) mass is 324 g/mol. The molecule has 0 saturated carbocycles. The molecular formula is C15H24N4O2S. The van der Waals surface area contributed by atoms with Crippen molar-refractivity contribution in [3.63, 3.8) is 0 Å². The first-order valence-corrected chi connectivity index (χ1v) is 8.55. The Hall–Kier alpha value is -1.50. The topological polar surface area (TPSA) is 75.2 Å². The number of aromatic nitrogens is 2. The highest BCUT2D eigenvalue weighted by molar-refractivity contribution is 7.15. The summed E-state index contributed by atoms with van der Waals surface area (Å²) in [6, 6.07) is 0. The fraction of sp³-hybridized carbons (Fsp3) is 0.733. The molecular weight excluding hydrogens is 300 g/mol. The molecule has 0 aliphatic carbocycles. The molecule has 1 saturated heterocycles. The van der Waals surface area contributed by atoms with E-state index in [1.807, 2.05) is 0 Å². The van der Waals surface area contributed by atoms with Crippen LogP contribution >= 0.6 is 11.3 Å². The molecule has 1 fully saturated rings. The van der Waals surface area contributed by atoms with Gasteiger partial charge in [0.1, 0.15) is 5.01 Å². The first-order valence-electron chi connectivity index (χ1n) is 7.74. The van der Waals surface area contributed by atoms with Crippen LogP contribution < -0.4 is 5.32 Å². The smallest absolute Gasteiger partial charge is 0.231 e. The van der Waals surface area contributed by atoms with Gasteiger partial charge >= 0.3 is 0 Å². The van der Waals surface area contributed by atoms with Gasteiger partial charge in [-0.25, -0.2) is 0 Å². The van der Waals surface area contributed by atoms with Crippen LogP contribution in [0.25, 0.3) is 0 Å². The average molecular weight is 324 g/mol. The fourth-order valence-electron chi connectivity index (χ4n) is 2.30. The van der Waals surface area contributed by atoms with Gasteiger partial charge in [0.15, 0.2) is 0 Å². The number of nitrogens with one attached hydrogen (secondary N) is 1. The van der Waals surface area contributed by atoms with E-state index < -0.39 is 0 Å². The van der Waals surface area contributed by atoms with Crippen molar-refractivity contribution in [2.45, 2.75) is 52.4 Å². The highest BCUT2D eigenvalue weighted by Crippen LogP contribution is 2.28. The lowest BCUT2D eigenvalue weighted by molar-refractivity contribution is -0.128. The molecule has 1 aromatic rings. The van der Waals surface area contributed by atoms with Crippen molar-refractivity contribution < 1.29 is 9.59 Å². The van der Waals surface area contributed by atoms with Gasteiger partial charge in [-0.2, -0.15) is 0 Å². The normalized spacial score (nSPS) is 18.8. The van der Waals surface area contributed by atoms with Crippen LogP contribution in [0.2, 0.25) is 0 Å². The van der Waals surface area contributed by atoms with E-state index in [1.165, 1.54) is 11.3 Å². The number of hydrogen-bond donors (Lipinski definition) is 1. The lowest BCUT2D eigenvalue weighted by atomic mass is 9.98. The Balaban J connectivity index is 1.93. The van der Waals surface area contributed by atoms with E-state index in [9.17, 15) is 9.59 Å². The quantitative estimate of drug-likeness (QED) is 0.902. The zero-order chi connectivity index (χ0) is 16.3. The van der Waals surface area contributed by atoms with E-state index in [2.05, 4.69) is 43.2 Å². The second-order valence-electron chi connectivity index (χ2n) is 6.75. The van der Waals surface area contributed by atoms with Gasteiger partial charge in [0.25, 0.3) is 0 Å². The molecule has 0 unspecified atom stereocenters. The average Bonchev–Trinajstić information content (AvgIpc) is 3.03. The van der Waals surface area contributed by atoms with Crippen molar-refractivity contribution in [1.82, 2.24) is 15.1 Å². The summed E-state index contributed by atoms with van der Waals surface area (Å²) >= 11 is 1.39. The third-order valence-electron chi connectivity index (χ3n) is 3.66. The number of carbonyl (C=O) groups is 2. The van der Waals surface area contributed by atoms with E-state index in [-0.39, 0.29) is 23.1 Å². The van der Waals surface area contributed by atoms with Gasteiger partial charge < -0.3 is 10.2 Å². The molecule has 1 atom stereocenters. The van der Waals surface area contributed by atoms with Crippen molar-refractivity contribution in [2.24, 2.45) is 5.92 Å². The van der Waals surface area contributed by atoms with E-state index in [0.29, 0.717) is 18.1 Å². The first-order chi connectivity index (χ1) is 10.3. The molecule has 0 aromatic carbocycles. The van der Waals surface area contributed by atoms with E-state index in [4.69, 9.17) is 0 Å². The van der Waals surface area contributed by atoms with Crippen molar-refractivity contribution >= 4 is 28.3 Å². The van der Waals surface area contributed by atoms with Crippen LogP contribution in [-0.4, -0.2) is 40.0 Å². The van der Waals surface area contributed by atoms with Crippen LogP contribution in [-0.2, 0) is 15.0 Å². The molecule has 2 rings (SSSR count). The van der Waals surface area contributed by atoms with Crippen molar-refractivity contribution in [3.05, 3.63) is 5.01 Å². The minimum absolute atomic E-state index is 0.0706. The highest BCUT2D eigenvalue weighted by Gasteiger charge is 2.34. The summed E-state index contributed by atoms with van der Waals surface area (Å²) in [6.07, 6.45) is 2.31. The zero-order valence-corrected chi connectivity index (χ0v) is 14.5. The fourth-order valence-corrected chi connectivity index (χ4v) is 3.10. The zero-order valence-electron chi connectivity index (χ0n) is 13.7. The summed E-state index contributed by atoms with van der Waals surface area (Å²) in [5.41, 5.74) is -0.0824. The molecule has 2 heterocycles. The van der Waals surface area contributed by atoms with Crippen LogP contribution in [0.4, 0.5) is 5.13 Å². The molecule has 1 aromatic heterocycles. The lowest BCUT2D eigenvalue weighted by Gasteiger charge is -2.15. The van der Waals surface area contributed by atoms with Crippen LogP contribution in [0.1, 0.15) is 52.0 Å². The molecule has 6 nitrogen and oxygen atoms in total. The molecule has 0 spiro atoms. The maximum absolute atomic E-state index is 12.3. The number of likely N-dealkylation sites (tertiary alicyclic amines) is 1. The maximum atomic E-state index is 12.3. The molecule has 122 valence electrons. The maximum Gasteiger partial charge on any atom is 0.231 e. The lowest BCUT2D eigenvalue weighted by Crippen LogP contribution is -2.29. The Morgan fingerprint density at radius 3 is 2.73 bits per heavy atom. The van der Waals surface area contributed by atoms with Gasteiger partial charge in [-0.15, -0.1) is 10.2 Å². The summed E-state index contributed by atoms with van der Waals surface area (Å²) < 4.78 is 0. The number of nitrogens with zero attached hydrogens (tertiary/aromatic N) is 3. The Morgan fingerprint density at radius 2 is 2.14 bits per heavy atom. The Kier molecular flexibility index (Phi) is 5.16. The predicted molar refractivity (Wildman–Crippen MR) is 86.8 cm³/mol. The van der Waals surface area contributed by atoms with Gasteiger partial charge in [0.05, 0.1) is 5.92 Å². The number of rotatable bonds is 5. The standard InChI is InChI=1S/C15H24N4O2S/c1-5-6-7-19-9-10(8-11(19)20)12(21)16-14-18-17-13(22-14)15(2,3)4/h10H,5-9H2,1-4H3,(H,16,18,21)/t10-/m0/s1. The molecule has 7 heteroatoms. The van der Waals surface area contributed by atoms with Crippen molar-refractivity contribution in [2.75, 3.05) is 18.4 Å². The molecule has 0 bridgehead atoms. The number of carbonyl (C=O) groups excluding carboxylic acids is 2. The summed E-state index contributed by atoms with van der Waals surface area (Å²) in [5.74, 6) is -0.350. The van der Waals surface area contributed by atoms with E-state index in [1.54, 1.807) is 4.90 Å². The summed E-state index contributed by atoms with van der Waals surface area (Å²) in [6.45, 7) is 9.51. The van der Waals surface area contributed by atoms with Crippen LogP contribution in [0.5, 0.6) is 0 Å². The molecule has 1 aliphatic heterocycles. The Labute approximate surface area is 135 Å². The van der Waals surface area contributed by atoms with E-state index >= 15 is 0 Å². The Morgan fingerprint density at radius 1 is 1.41 bits per heavy atom. The molecule has 2 amide bonds. The van der Waals surface area contributed by atoms with Crippen molar-refractivity contribution in [1.29, 1.82) is 0 Å². The second-order valence-corrected chi connectivity index (χ2v) is 7.72. The summed E-state index contributed by atoms with van der Waals surface area (Å²) in [5, 5.41) is 12.3. The molecule has 1 aliphatic rings. The molecule has 22 heavy (non-hydrogen) atoms. The molecule has 0 radical (unpaired) electrons.